The molecule has 0 aliphatic carbocycles. The van der Waals surface area contributed by atoms with Crippen LogP contribution in [0.2, 0.25) is 0 Å². The molecule has 2 aliphatic heterocycles. The van der Waals surface area contributed by atoms with E-state index in [9.17, 15) is 9.59 Å². The zero-order valence-corrected chi connectivity index (χ0v) is 18.7. The number of hydrogen-bond donors (Lipinski definition) is 2. The van der Waals surface area contributed by atoms with Gasteiger partial charge in [0.15, 0.2) is 11.5 Å². The summed E-state index contributed by atoms with van der Waals surface area (Å²) in [7, 11) is 0. The highest BCUT2D eigenvalue weighted by Gasteiger charge is 2.22. The predicted molar refractivity (Wildman–Crippen MR) is 121 cm³/mol. The van der Waals surface area contributed by atoms with Crippen LogP contribution in [0.25, 0.3) is 0 Å². The molecule has 0 radical (unpaired) electrons. The molecule has 7 nitrogen and oxygen atoms in total. The average molecular weight is 438 g/mol. The number of amides is 2. The maximum atomic E-state index is 12.4. The van der Waals surface area contributed by atoms with Crippen molar-refractivity contribution < 1.29 is 19.1 Å². The highest BCUT2D eigenvalue weighted by Crippen LogP contribution is 2.32. The molecule has 2 heterocycles. The first-order valence-electron chi connectivity index (χ1n) is 11.2. The molecule has 0 spiro atoms. The van der Waals surface area contributed by atoms with Gasteiger partial charge in [-0.15, -0.1) is 0 Å². The van der Waals surface area contributed by atoms with E-state index in [4.69, 9.17) is 9.47 Å². The van der Waals surface area contributed by atoms with E-state index >= 15 is 0 Å². The monoisotopic (exact) mass is 437 g/mol. The Morgan fingerprint density at radius 2 is 1.69 bits per heavy atom. The van der Waals surface area contributed by atoms with E-state index in [-0.39, 0.29) is 25.2 Å². The number of carbonyl (C=O) groups is 2. The number of rotatable bonds is 7. The molecule has 2 amide bonds. The van der Waals surface area contributed by atoms with Crippen LogP contribution in [0.5, 0.6) is 11.5 Å². The van der Waals surface area contributed by atoms with Crippen molar-refractivity contribution in [2.45, 2.75) is 33.4 Å². The molecule has 2 atom stereocenters. The van der Waals surface area contributed by atoms with Crippen molar-refractivity contribution in [3.63, 3.8) is 0 Å². The van der Waals surface area contributed by atoms with Crippen molar-refractivity contribution in [3.8, 4) is 11.5 Å². The molecule has 1 fully saturated rings. The SMILES string of the molecule is CC1CC(C)CN(Cc2ccccc2CNC(=O)CNC(=O)c2ccc3c(c2)OCO3)C1. The van der Waals surface area contributed by atoms with E-state index in [1.807, 2.05) is 12.1 Å². The second kappa shape index (κ2) is 10.0. The van der Waals surface area contributed by atoms with Crippen LogP contribution in [-0.4, -0.2) is 43.1 Å². The van der Waals surface area contributed by atoms with Crippen molar-refractivity contribution >= 4 is 11.8 Å². The summed E-state index contributed by atoms with van der Waals surface area (Å²) in [6, 6.07) is 13.2. The molecule has 2 aromatic rings. The van der Waals surface area contributed by atoms with Gasteiger partial charge in [0.25, 0.3) is 5.91 Å². The maximum Gasteiger partial charge on any atom is 0.251 e. The predicted octanol–water partition coefficient (Wildman–Crippen LogP) is 2.94. The third kappa shape index (κ3) is 5.59. The molecule has 7 heteroatoms. The summed E-state index contributed by atoms with van der Waals surface area (Å²) in [6.07, 6.45) is 1.28. The summed E-state index contributed by atoms with van der Waals surface area (Å²) in [6.45, 7) is 8.24. The smallest absolute Gasteiger partial charge is 0.251 e. The van der Waals surface area contributed by atoms with Gasteiger partial charge in [-0.05, 0) is 47.6 Å². The van der Waals surface area contributed by atoms with E-state index in [1.54, 1.807) is 18.2 Å². The number of carbonyl (C=O) groups excluding carboxylic acids is 2. The Morgan fingerprint density at radius 1 is 0.969 bits per heavy atom. The van der Waals surface area contributed by atoms with Gasteiger partial charge in [0.1, 0.15) is 0 Å². The standard InChI is InChI=1S/C25H31N3O4/c1-17-9-18(2)14-28(13-17)15-21-6-4-3-5-20(21)11-26-24(29)12-27-25(30)19-7-8-22-23(10-19)32-16-31-22/h3-8,10,17-18H,9,11-16H2,1-2H3,(H,26,29)(H,27,30). The van der Waals surface area contributed by atoms with Gasteiger partial charge >= 0.3 is 0 Å². The van der Waals surface area contributed by atoms with Crippen LogP contribution in [0, 0.1) is 11.8 Å². The Hall–Kier alpha value is -3.06. The third-order valence-corrected chi connectivity index (χ3v) is 5.98. The molecule has 1 saturated heterocycles. The van der Waals surface area contributed by atoms with Crippen molar-refractivity contribution in [1.29, 1.82) is 0 Å². The van der Waals surface area contributed by atoms with E-state index in [0.717, 1.165) is 25.2 Å². The number of fused-ring (bicyclic) bond motifs is 1. The van der Waals surface area contributed by atoms with Gasteiger partial charge in [-0.2, -0.15) is 0 Å². The summed E-state index contributed by atoms with van der Waals surface area (Å²) in [5.74, 6) is 2.02. The van der Waals surface area contributed by atoms with Gasteiger partial charge in [-0.25, -0.2) is 0 Å². The summed E-state index contributed by atoms with van der Waals surface area (Å²) in [5, 5.41) is 5.59. The lowest BCUT2D eigenvalue weighted by Crippen LogP contribution is -2.39. The second-order valence-corrected chi connectivity index (χ2v) is 8.94. The number of benzene rings is 2. The lowest BCUT2D eigenvalue weighted by molar-refractivity contribution is -0.120. The topological polar surface area (TPSA) is 79.9 Å². The van der Waals surface area contributed by atoms with Gasteiger partial charge in [0.2, 0.25) is 12.7 Å². The highest BCUT2D eigenvalue weighted by molar-refractivity contribution is 5.97. The molecule has 0 bridgehead atoms. The summed E-state index contributed by atoms with van der Waals surface area (Å²) in [5.41, 5.74) is 2.77. The first-order chi connectivity index (χ1) is 15.5. The fourth-order valence-corrected chi connectivity index (χ4v) is 4.60. The Balaban J connectivity index is 1.27. The normalized spacial score (nSPS) is 20.1. The fraction of sp³-hybridized carbons (Fsp3) is 0.440. The van der Waals surface area contributed by atoms with Crippen molar-refractivity contribution in [1.82, 2.24) is 15.5 Å². The Kier molecular flexibility index (Phi) is 6.95. The summed E-state index contributed by atoms with van der Waals surface area (Å²) >= 11 is 0. The summed E-state index contributed by atoms with van der Waals surface area (Å²) < 4.78 is 10.5. The number of likely N-dealkylation sites (tertiary alicyclic amines) is 1. The second-order valence-electron chi connectivity index (χ2n) is 8.94. The maximum absolute atomic E-state index is 12.4. The van der Waals surface area contributed by atoms with Crippen LogP contribution in [-0.2, 0) is 17.9 Å². The van der Waals surface area contributed by atoms with Gasteiger partial charge in [0.05, 0.1) is 6.54 Å². The third-order valence-electron chi connectivity index (χ3n) is 5.98. The Morgan fingerprint density at radius 3 is 2.47 bits per heavy atom. The largest absolute Gasteiger partial charge is 0.454 e. The number of nitrogens with one attached hydrogen (secondary N) is 2. The molecule has 2 unspecified atom stereocenters. The molecule has 4 rings (SSSR count). The highest BCUT2D eigenvalue weighted by atomic mass is 16.7. The molecule has 2 N–H and O–H groups in total. The molecular formula is C25H31N3O4. The zero-order chi connectivity index (χ0) is 22.5. The average Bonchev–Trinajstić information content (AvgIpc) is 3.24. The number of piperidine rings is 1. The molecule has 32 heavy (non-hydrogen) atoms. The van der Waals surface area contributed by atoms with E-state index in [0.29, 0.717) is 35.4 Å². The van der Waals surface area contributed by atoms with Crippen molar-refractivity contribution in [2.75, 3.05) is 26.4 Å². The zero-order valence-electron chi connectivity index (χ0n) is 18.7. The molecule has 0 saturated carbocycles. The molecular weight excluding hydrogens is 406 g/mol. The number of hydrogen-bond acceptors (Lipinski definition) is 5. The van der Waals surface area contributed by atoms with Crippen LogP contribution < -0.4 is 20.1 Å². The lowest BCUT2D eigenvalue weighted by atomic mass is 9.91. The minimum Gasteiger partial charge on any atom is -0.454 e. The lowest BCUT2D eigenvalue weighted by Gasteiger charge is -2.35. The molecule has 0 aromatic heterocycles. The van der Waals surface area contributed by atoms with Crippen molar-refractivity contribution in [2.24, 2.45) is 11.8 Å². The first-order valence-corrected chi connectivity index (χ1v) is 11.2. The quantitative estimate of drug-likeness (QED) is 0.696. The molecule has 2 aliphatic rings. The van der Waals surface area contributed by atoms with E-state index in [1.165, 1.54) is 12.0 Å². The van der Waals surface area contributed by atoms with Crippen LogP contribution in [0.15, 0.2) is 42.5 Å². The van der Waals surface area contributed by atoms with Gasteiger partial charge in [-0.3, -0.25) is 14.5 Å². The Bertz CT molecular complexity index is 967. The van der Waals surface area contributed by atoms with E-state index in [2.05, 4.69) is 41.5 Å². The minimum atomic E-state index is -0.327. The van der Waals surface area contributed by atoms with Gasteiger partial charge in [0, 0.05) is 31.7 Å². The molecule has 170 valence electrons. The van der Waals surface area contributed by atoms with Crippen LogP contribution >= 0.6 is 0 Å². The Labute approximate surface area is 189 Å². The van der Waals surface area contributed by atoms with Gasteiger partial charge in [-0.1, -0.05) is 38.1 Å². The number of ether oxygens (including phenoxy) is 2. The van der Waals surface area contributed by atoms with Crippen LogP contribution in [0.4, 0.5) is 0 Å². The van der Waals surface area contributed by atoms with Crippen LogP contribution in [0.3, 0.4) is 0 Å². The number of nitrogens with zero attached hydrogens (tertiary/aromatic N) is 1. The minimum absolute atomic E-state index is 0.0867. The van der Waals surface area contributed by atoms with Crippen LogP contribution in [0.1, 0.15) is 41.8 Å². The molecule has 2 aromatic carbocycles. The van der Waals surface area contributed by atoms with Crippen molar-refractivity contribution in [3.05, 3.63) is 59.2 Å². The first kappa shape index (κ1) is 22.1. The summed E-state index contributed by atoms with van der Waals surface area (Å²) in [4.78, 5) is 27.2. The van der Waals surface area contributed by atoms with E-state index < -0.39 is 0 Å². The van der Waals surface area contributed by atoms with Gasteiger partial charge < -0.3 is 20.1 Å². The fourth-order valence-electron chi connectivity index (χ4n) is 4.60.